The highest BCUT2D eigenvalue weighted by molar-refractivity contribution is 5.84. The number of nitrogens with one attached hydrogen (secondary N) is 3. The molecule has 0 spiro atoms. The Morgan fingerprint density at radius 2 is 1.77 bits per heavy atom. The highest BCUT2D eigenvalue weighted by atomic mass is 16.2. The first-order chi connectivity index (χ1) is 10.2. The minimum Gasteiger partial charge on any atom is -0.356 e. The Hall–Kier alpha value is -1.26. The van der Waals surface area contributed by atoms with E-state index in [2.05, 4.69) is 41.7 Å². The van der Waals surface area contributed by atoms with Crippen molar-refractivity contribution in [3.63, 3.8) is 0 Å². The van der Waals surface area contributed by atoms with Crippen molar-refractivity contribution in [2.24, 2.45) is 16.3 Å². The van der Waals surface area contributed by atoms with Crippen LogP contribution in [-0.2, 0) is 4.79 Å². The fourth-order valence-electron chi connectivity index (χ4n) is 2.12. The van der Waals surface area contributed by atoms with Gasteiger partial charge in [0, 0.05) is 26.2 Å². The standard InChI is InChI=1S/C17H36N4O/c1-8-19-15(22)17(5,6)12-20-16(18-7)21-14(4)11-9-10-13(2)3/h13-14H,8-12H2,1-7H3,(H,19,22)(H2,18,20,21). The van der Waals surface area contributed by atoms with Crippen LogP contribution >= 0.6 is 0 Å². The number of carbonyl (C=O) groups is 1. The Kier molecular flexibility index (Phi) is 9.86. The Morgan fingerprint density at radius 3 is 2.27 bits per heavy atom. The maximum atomic E-state index is 12.0. The second-order valence-corrected chi connectivity index (χ2v) is 7.04. The molecule has 0 bridgehead atoms. The Morgan fingerprint density at radius 1 is 1.14 bits per heavy atom. The van der Waals surface area contributed by atoms with Crippen LogP contribution < -0.4 is 16.0 Å². The summed E-state index contributed by atoms with van der Waals surface area (Å²) in [4.78, 5) is 16.2. The number of guanidine groups is 1. The molecule has 0 saturated carbocycles. The van der Waals surface area contributed by atoms with E-state index in [1.165, 1.54) is 12.8 Å². The first kappa shape index (κ1) is 20.7. The van der Waals surface area contributed by atoms with Crippen LogP contribution in [-0.4, -0.2) is 38.0 Å². The molecule has 0 radical (unpaired) electrons. The van der Waals surface area contributed by atoms with Gasteiger partial charge < -0.3 is 16.0 Å². The molecule has 1 atom stereocenters. The number of carbonyl (C=O) groups excluding carboxylic acids is 1. The number of rotatable bonds is 9. The van der Waals surface area contributed by atoms with Crippen LogP contribution in [0.5, 0.6) is 0 Å². The molecule has 0 aliphatic carbocycles. The Balaban J connectivity index is 4.24. The molecule has 3 N–H and O–H groups in total. The molecule has 0 rings (SSSR count). The lowest BCUT2D eigenvalue weighted by Crippen LogP contribution is -2.49. The molecule has 5 heteroatoms. The van der Waals surface area contributed by atoms with Crippen molar-refractivity contribution >= 4 is 11.9 Å². The van der Waals surface area contributed by atoms with E-state index < -0.39 is 5.41 Å². The van der Waals surface area contributed by atoms with Crippen LogP contribution in [0.3, 0.4) is 0 Å². The molecular weight excluding hydrogens is 276 g/mol. The fourth-order valence-corrected chi connectivity index (χ4v) is 2.12. The summed E-state index contributed by atoms with van der Waals surface area (Å²) < 4.78 is 0. The van der Waals surface area contributed by atoms with Crippen LogP contribution in [0.2, 0.25) is 0 Å². The van der Waals surface area contributed by atoms with Gasteiger partial charge in [-0.1, -0.05) is 26.7 Å². The summed E-state index contributed by atoms with van der Waals surface area (Å²) in [6, 6.07) is 0.373. The molecule has 0 aliphatic heterocycles. The Bertz CT molecular complexity index is 351. The largest absolute Gasteiger partial charge is 0.356 e. The minimum atomic E-state index is -0.464. The normalized spacial score (nSPS) is 13.9. The zero-order chi connectivity index (χ0) is 17.2. The summed E-state index contributed by atoms with van der Waals surface area (Å²) in [5, 5.41) is 9.52. The zero-order valence-electron chi connectivity index (χ0n) is 15.5. The molecule has 0 aromatic rings. The minimum absolute atomic E-state index is 0.0583. The quantitative estimate of drug-likeness (QED) is 0.453. The molecule has 5 nitrogen and oxygen atoms in total. The van der Waals surface area contributed by atoms with Crippen molar-refractivity contribution in [1.29, 1.82) is 0 Å². The summed E-state index contributed by atoms with van der Waals surface area (Å²) in [6.45, 7) is 13.7. The van der Waals surface area contributed by atoms with E-state index in [1.807, 2.05) is 20.8 Å². The van der Waals surface area contributed by atoms with E-state index in [4.69, 9.17) is 0 Å². The second kappa shape index (κ2) is 10.5. The van der Waals surface area contributed by atoms with Crippen LogP contribution in [0.15, 0.2) is 4.99 Å². The van der Waals surface area contributed by atoms with Crippen LogP contribution in [0, 0.1) is 11.3 Å². The molecule has 22 heavy (non-hydrogen) atoms. The van der Waals surface area contributed by atoms with Crippen molar-refractivity contribution in [2.75, 3.05) is 20.1 Å². The molecule has 0 aliphatic rings. The fraction of sp³-hybridized carbons (Fsp3) is 0.882. The molecule has 0 aromatic heterocycles. The van der Waals surface area contributed by atoms with E-state index in [0.29, 0.717) is 19.1 Å². The summed E-state index contributed by atoms with van der Waals surface area (Å²) in [7, 11) is 1.76. The van der Waals surface area contributed by atoms with E-state index in [0.717, 1.165) is 18.3 Å². The second-order valence-electron chi connectivity index (χ2n) is 7.04. The molecule has 130 valence electrons. The van der Waals surface area contributed by atoms with Gasteiger partial charge in [-0.05, 0) is 40.0 Å². The summed E-state index contributed by atoms with van der Waals surface area (Å²) >= 11 is 0. The van der Waals surface area contributed by atoms with Crippen molar-refractivity contribution in [3.05, 3.63) is 0 Å². The van der Waals surface area contributed by atoms with Gasteiger partial charge in [0.2, 0.25) is 5.91 Å². The monoisotopic (exact) mass is 312 g/mol. The van der Waals surface area contributed by atoms with Gasteiger partial charge in [-0.15, -0.1) is 0 Å². The van der Waals surface area contributed by atoms with Crippen molar-refractivity contribution < 1.29 is 4.79 Å². The van der Waals surface area contributed by atoms with Crippen molar-refractivity contribution in [2.45, 2.75) is 66.8 Å². The predicted molar refractivity (Wildman–Crippen MR) is 95.1 cm³/mol. The lowest BCUT2D eigenvalue weighted by Gasteiger charge is -2.26. The first-order valence-corrected chi connectivity index (χ1v) is 8.48. The lowest BCUT2D eigenvalue weighted by atomic mass is 9.92. The summed E-state index contributed by atoms with van der Waals surface area (Å²) in [5.74, 6) is 1.57. The first-order valence-electron chi connectivity index (χ1n) is 8.48. The molecule has 0 saturated heterocycles. The average Bonchev–Trinajstić information content (AvgIpc) is 2.43. The maximum absolute atomic E-state index is 12.0. The smallest absolute Gasteiger partial charge is 0.227 e. The van der Waals surface area contributed by atoms with Gasteiger partial charge in [0.05, 0.1) is 5.41 Å². The van der Waals surface area contributed by atoms with E-state index in [-0.39, 0.29) is 5.91 Å². The molecule has 1 amide bonds. The Labute approximate surface area is 136 Å². The third-order valence-corrected chi connectivity index (χ3v) is 3.68. The van der Waals surface area contributed by atoms with Crippen LogP contribution in [0.25, 0.3) is 0 Å². The number of hydrogen-bond acceptors (Lipinski definition) is 2. The van der Waals surface area contributed by atoms with Gasteiger partial charge in [0.1, 0.15) is 0 Å². The molecule has 0 aromatic carbocycles. The molecule has 0 fully saturated rings. The number of nitrogens with zero attached hydrogens (tertiary/aromatic N) is 1. The SMILES string of the molecule is CCNC(=O)C(C)(C)CNC(=NC)NC(C)CCCC(C)C. The molecular formula is C17H36N4O. The van der Waals surface area contributed by atoms with Gasteiger partial charge in [-0.25, -0.2) is 0 Å². The molecule has 0 heterocycles. The van der Waals surface area contributed by atoms with Crippen LogP contribution in [0.4, 0.5) is 0 Å². The third kappa shape index (κ3) is 8.90. The zero-order valence-corrected chi connectivity index (χ0v) is 15.5. The van der Waals surface area contributed by atoms with Gasteiger partial charge in [0.15, 0.2) is 5.96 Å². The topological polar surface area (TPSA) is 65.5 Å². The summed E-state index contributed by atoms with van der Waals surface area (Å²) in [6.07, 6.45) is 3.59. The highest BCUT2D eigenvalue weighted by Gasteiger charge is 2.27. The van der Waals surface area contributed by atoms with Crippen LogP contribution in [0.1, 0.15) is 60.8 Å². The van der Waals surface area contributed by atoms with Gasteiger partial charge in [-0.3, -0.25) is 9.79 Å². The third-order valence-electron chi connectivity index (χ3n) is 3.68. The van der Waals surface area contributed by atoms with Gasteiger partial charge >= 0.3 is 0 Å². The van der Waals surface area contributed by atoms with Gasteiger partial charge in [0.25, 0.3) is 0 Å². The van der Waals surface area contributed by atoms with E-state index in [1.54, 1.807) is 7.05 Å². The maximum Gasteiger partial charge on any atom is 0.227 e. The van der Waals surface area contributed by atoms with E-state index in [9.17, 15) is 4.79 Å². The lowest BCUT2D eigenvalue weighted by molar-refractivity contribution is -0.128. The van der Waals surface area contributed by atoms with Crippen molar-refractivity contribution in [3.8, 4) is 0 Å². The molecule has 1 unspecified atom stereocenters. The number of amides is 1. The number of aliphatic imine (C=N–C) groups is 1. The predicted octanol–water partition coefficient (Wildman–Crippen LogP) is 2.53. The average molecular weight is 313 g/mol. The summed E-state index contributed by atoms with van der Waals surface area (Å²) in [5.41, 5.74) is -0.464. The van der Waals surface area contributed by atoms with Crippen molar-refractivity contribution in [1.82, 2.24) is 16.0 Å². The van der Waals surface area contributed by atoms with Gasteiger partial charge in [-0.2, -0.15) is 0 Å². The highest BCUT2D eigenvalue weighted by Crippen LogP contribution is 2.13. The number of hydrogen-bond donors (Lipinski definition) is 3. The van der Waals surface area contributed by atoms with E-state index >= 15 is 0 Å².